The zero-order chi connectivity index (χ0) is 19.3. The highest BCUT2D eigenvalue weighted by Crippen LogP contribution is 2.32. The van der Waals surface area contributed by atoms with Crippen molar-refractivity contribution >= 4 is 52.4 Å². The van der Waals surface area contributed by atoms with Crippen LogP contribution < -0.4 is 5.32 Å². The van der Waals surface area contributed by atoms with Gasteiger partial charge in [-0.3, -0.25) is 19.3 Å². The van der Waals surface area contributed by atoms with Gasteiger partial charge < -0.3 is 5.32 Å². The molecular formula is C17H11Cl2N5O3. The summed E-state index contributed by atoms with van der Waals surface area (Å²) in [6, 6.07) is 4.85. The minimum absolute atomic E-state index is 0.118. The number of rotatable bonds is 3. The number of halogens is 2. The summed E-state index contributed by atoms with van der Waals surface area (Å²) in [6.07, 6.45) is 3.06. The van der Waals surface area contributed by atoms with Crippen LogP contribution >= 0.6 is 23.2 Å². The average Bonchev–Trinajstić information content (AvgIpc) is 3.20. The monoisotopic (exact) mass is 403 g/mol. The Morgan fingerprint density at radius 3 is 2.33 bits per heavy atom. The number of carbonyl (C=O) groups excluding carboxylic acids is 3. The van der Waals surface area contributed by atoms with Gasteiger partial charge in [0.25, 0.3) is 11.8 Å². The molecule has 0 radical (unpaired) electrons. The molecule has 0 bridgehead atoms. The maximum atomic E-state index is 12.7. The Bertz CT molecular complexity index is 1090. The third-order valence-corrected chi connectivity index (χ3v) is 4.99. The van der Waals surface area contributed by atoms with Crippen LogP contribution in [0.4, 0.5) is 5.82 Å². The van der Waals surface area contributed by atoms with E-state index in [1.165, 1.54) is 29.8 Å². The smallest absolute Gasteiger partial charge is 0.262 e. The van der Waals surface area contributed by atoms with Crippen LogP contribution in [0.3, 0.4) is 0 Å². The van der Waals surface area contributed by atoms with E-state index in [0.717, 1.165) is 4.90 Å². The molecule has 0 fully saturated rings. The van der Waals surface area contributed by atoms with Crippen molar-refractivity contribution in [2.75, 3.05) is 5.32 Å². The lowest BCUT2D eigenvalue weighted by atomic mass is 10.1. The first kappa shape index (κ1) is 17.4. The standard InChI is InChI=1S/C17H11Cl2N5O3/c1-8(15(25)22-14-2-4-20-13-3-5-21-24(13)14)23-16(26)9-6-11(18)12(19)7-10(9)17(23)27/h2-8H,1H3,(H,22,25). The predicted molar refractivity (Wildman–Crippen MR) is 98.0 cm³/mol. The number of hydrogen-bond donors (Lipinski definition) is 1. The lowest BCUT2D eigenvalue weighted by Crippen LogP contribution is -2.45. The van der Waals surface area contributed by atoms with Crippen LogP contribution in [0.5, 0.6) is 0 Å². The number of imide groups is 1. The first-order valence-electron chi connectivity index (χ1n) is 7.85. The van der Waals surface area contributed by atoms with Gasteiger partial charge in [-0.1, -0.05) is 23.2 Å². The topological polar surface area (TPSA) is 96.7 Å². The van der Waals surface area contributed by atoms with Gasteiger partial charge in [-0.25, -0.2) is 4.98 Å². The minimum Gasteiger partial charge on any atom is -0.309 e. The van der Waals surface area contributed by atoms with Crippen LogP contribution in [0, 0.1) is 0 Å². The van der Waals surface area contributed by atoms with E-state index in [0.29, 0.717) is 11.5 Å². The molecule has 1 aliphatic heterocycles. The molecule has 1 aliphatic rings. The number of hydrogen-bond acceptors (Lipinski definition) is 5. The van der Waals surface area contributed by atoms with Crippen molar-refractivity contribution in [2.24, 2.45) is 0 Å². The fourth-order valence-corrected chi connectivity index (χ4v) is 3.21. The van der Waals surface area contributed by atoms with E-state index in [9.17, 15) is 14.4 Å². The molecule has 0 spiro atoms. The molecule has 0 aliphatic carbocycles. The maximum absolute atomic E-state index is 12.7. The van der Waals surface area contributed by atoms with Gasteiger partial charge in [0.05, 0.1) is 27.4 Å². The summed E-state index contributed by atoms with van der Waals surface area (Å²) in [4.78, 5) is 42.9. The van der Waals surface area contributed by atoms with Crippen molar-refractivity contribution in [3.05, 3.63) is 57.8 Å². The van der Waals surface area contributed by atoms with E-state index in [4.69, 9.17) is 23.2 Å². The van der Waals surface area contributed by atoms with Gasteiger partial charge in [-0.15, -0.1) is 0 Å². The van der Waals surface area contributed by atoms with Gasteiger partial charge in [-0.05, 0) is 25.1 Å². The Morgan fingerprint density at radius 1 is 1.07 bits per heavy atom. The van der Waals surface area contributed by atoms with Gasteiger partial charge in [0.15, 0.2) is 5.65 Å². The SMILES string of the molecule is CC(C(=O)Nc1ccnc2ccnn12)N1C(=O)c2cc(Cl)c(Cl)cc2C1=O. The second-order valence-electron chi connectivity index (χ2n) is 5.89. The molecule has 3 heterocycles. The molecule has 2 aromatic heterocycles. The van der Waals surface area contributed by atoms with Gasteiger partial charge in [-0.2, -0.15) is 9.61 Å². The Kier molecular flexibility index (Phi) is 4.09. The molecule has 3 amide bonds. The molecule has 1 atom stereocenters. The van der Waals surface area contributed by atoms with E-state index in [1.807, 2.05) is 0 Å². The van der Waals surface area contributed by atoms with E-state index < -0.39 is 23.8 Å². The van der Waals surface area contributed by atoms with E-state index >= 15 is 0 Å². The number of fused-ring (bicyclic) bond motifs is 2. The van der Waals surface area contributed by atoms with Crippen LogP contribution in [-0.4, -0.2) is 43.3 Å². The maximum Gasteiger partial charge on any atom is 0.262 e. The molecule has 1 N–H and O–H groups in total. The summed E-state index contributed by atoms with van der Waals surface area (Å²) >= 11 is 11.9. The van der Waals surface area contributed by atoms with Crippen LogP contribution in [0.15, 0.2) is 36.7 Å². The molecule has 1 unspecified atom stereocenters. The zero-order valence-electron chi connectivity index (χ0n) is 13.8. The largest absolute Gasteiger partial charge is 0.309 e. The van der Waals surface area contributed by atoms with Crippen molar-refractivity contribution in [1.82, 2.24) is 19.5 Å². The van der Waals surface area contributed by atoms with Crippen molar-refractivity contribution < 1.29 is 14.4 Å². The van der Waals surface area contributed by atoms with Gasteiger partial charge in [0.1, 0.15) is 11.9 Å². The summed E-state index contributed by atoms with van der Waals surface area (Å²) < 4.78 is 1.44. The fourth-order valence-electron chi connectivity index (χ4n) is 2.88. The summed E-state index contributed by atoms with van der Waals surface area (Å²) in [7, 11) is 0. The first-order valence-corrected chi connectivity index (χ1v) is 8.60. The summed E-state index contributed by atoms with van der Waals surface area (Å²) in [6.45, 7) is 1.46. The molecule has 4 rings (SSSR count). The Morgan fingerprint density at radius 2 is 1.70 bits per heavy atom. The van der Waals surface area contributed by atoms with E-state index in [-0.39, 0.29) is 21.2 Å². The number of nitrogens with zero attached hydrogens (tertiary/aromatic N) is 4. The molecule has 8 nitrogen and oxygen atoms in total. The Labute approximate surface area is 162 Å². The molecule has 0 saturated heterocycles. The van der Waals surface area contributed by atoms with Crippen LogP contribution in [-0.2, 0) is 4.79 Å². The average molecular weight is 404 g/mol. The van der Waals surface area contributed by atoms with Crippen molar-refractivity contribution in [3.8, 4) is 0 Å². The number of amides is 3. The molecule has 0 saturated carbocycles. The summed E-state index contributed by atoms with van der Waals surface area (Å²) in [5.41, 5.74) is 0.783. The van der Waals surface area contributed by atoms with Gasteiger partial charge >= 0.3 is 0 Å². The van der Waals surface area contributed by atoms with Gasteiger partial charge in [0.2, 0.25) is 5.91 Å². The number of nitrogens with one attached hydrogen (secondary N) is 1. The Hall–Kier alpha value is -2.97. The van der Waals surface area contributed by atoms with E-state index in [2.05, 4.69) is 15.4 Å². The normalized spacial score (nSPS) is 14.6. The zero-order valence-corrected chi connectivity index (χ0v) is 15.3. The molecule has 27 heavy (non-hydrogen) atoms. The number of carbonyl (C=O) groups is 3. The minimum atomic E-state index is -1.06. The second kappa shape index (κ2) is 6.33. The van der Waals surface area contributed by atoms with Crippen molar-refractivity contribution in [2.45, 2.75) is 13.0 Å². The number of benzene rings is 1. The van der Waals surface area contributed by atoms with Crippen LogP contribution in [0.25, 0.3) is 5.65 Å². The molecule has 136 valence electrons. The number of anilines is 1. The summed E-state index contributed by atoms with van der Waals surface area (Å²) in [5.74, 6) is -1.39. The highest BCUT2D eigenvalue weighted by Gasteiger charge is 2.41. The van der Waals surface area contributed by atoms with Crippen LogP contribution in [0.1, 0.15) is 27.6 Å². The third kappa shape index (κ3) is 2.73. The van der Waals surface area contributed by atoms with Crippen molar-refractivity contribution in [3.63, 3.8) is 0 Å². The van der Waals surface area contributed by atoms with Crippen LogP contribution in [0.2, 0.25) is 10.0 Å². The first-order chi connectivity index (χ1) is 12.9. The predicted octanol–water partition coefficient (Wildman–Crippen LogP) is 2.66. The van der Waals surface area contributed by atoms with Gasteiger partial charge in [0, 0.05) is 12.3 Å². The molecule has 10 heteroatoms. The third-order valence-electron chi connectivity index (χ3n) is 4.27. The molecule has 1 aromatic carbocycles. The quantitative estimate of drug-likeness (QED) is 0.677. The van der Waals surface area contributed by atoms with Crippen molar-refractivity contribution in [1.29, 1.82) is 0 Å². The highest BCUT2D eigenvalue weighted by molar-refractivity contribution is 6.43. The highest BCUT2D eigenvalue weighted by atomic mass is 35.5. The lowest BCUT2D eigenvalue weighted by molar-refractivity contribution is -0.119. The summed E-state index contributed by atoms with van der Waals surface area (Å²) in [5, 5.41) is 7.06. The lowest BCUT2D eigenvalue weighted by Gasteiger charge is -2.21. The van der Waals surface area contributed by atoms with E-state index in [1.54, 1.807) is 18.3 Å². The number of aromatic nitrogens is 3. The fraction of sp³-hybridized carbons (Fsp3) is 0.118. The second-order valence-corrected chi connectivity index (χ2v) is 6.70. The molecular weight excluding hydrogens is 393 g/mol. The molecule has 3 aromatic rings. The Balaban J connectivity index is 1.62.